The molecule has 2 atom stereocenters. The number of hydrogen-bond acceptors (Lipinski definition) is 3. The van der Waals surface area contributed by atoms with Crippen molar-refractivity contribution < 1.29 is 0 Å². The van der Waals surface area contributed by atoms with Crippen molar-refractivity contribution in [1.29, 1.82) is 0 Å². The Morgan fingerprint density at radius 3 is 1.96 bits per heavy atom. The Kier molecular flexibility index (Phi) is 4.77. The summed E-state index contributed by atoms with van der Waals surface area (Å²) in [6.07, 6.45) is 7.03. The van der Waals surface area contributed by atoms with Crippen LogP contribution in [0.15, 0.2) is 158 Å². The second-order valence-corrected chi connectivity index (χ2v) is 12.8. The minimum absolute atomic E-state index is 0.105. The van der Waals surface area contributed by atoms with Gasteiger partial charge in [-0.25, -0.2) is 0 Å². The predicted octanol–water partition coefficient (Wildman–Crippen LogP) is 8.34. The average Bonchev–Trinajstić information content (AvgIpc) is 3.65. The van der Waals surface area contributed by atoms with E-state index in [1.54, 1.807) is 0 Å². The lowest BCUT2D eigenvalue weighted by Gasteiger charge is -2.45. The Labute approximate surface area is 269 Å². The molecule has 11 rings (SSSR count). The second-order valence-electron chi connectivity index (χ2n) is 12.8. The van der Waals surface area contributed by atoms with E-state index < -0.39 is 0 Å². The maximum atomic E-state index is 2.67. The summed E-state index contributed by atoms with van der Waals surface area (Å²) in [6.45, 7) is 0.105. The van der Waals surface area contributed by atoms with Crippen molar-refractivity contribution in [3.05, 3.63) is 169 Å². The highest BCUT2D eigenvalue weighted by molar-refractivity contribution is 7.00. The van der Waals surface area contributed by atoms with Gasteiger partial charge in [0.2, 0.25) is 0 Å². The fraction of sp³-hybridized carbons (Fsp3) is 0.0476. The van der Waals surface area contributed by atoms with E-state index in [9.17, 15) is 0 Å². The third-order valence-corrected chi connectivity index (χ3v) is 10.7. The lowest BCUT2D eigenvalue weighted by molar-refractivity contribution is 0.781. The van der Waals surface area contributed by atoms with Gasteiger partial charge in [-0.3, -0.25) is 0 Å². The minimum atomic E-state index is 0.105. The molecule has 0 fully saturated rings. The summed E-state index contributed by atoms with van der Waals surface area (Å²) in [5.74, 6) is 0.310. The number of nitrogens with zero attached hydrogens (tertiary/aromatic N) is 3. The molecular formula is C42H28BN3. The van der Waals surface area contributed by atoms with Crippen LogP contribution in [0.5, 0.6) is 0 Å². The van der Waals surface area contributed by atoms with E-state index in [-0.39, 0.29) is 12.8 Å². The standard InChI is InChI=1S/C42H28BN3/c1-3-13-27(14-4-1)44-36-22-10-8-20-33(36)43-34-26-25-32-31-19-11-18-30-29-17-7-9-21-35(29)46(40(30)31)41(32)42(34)45(28-15-5-2-6-16-28)38-24-12-23-37(44)39(38)43/h1-26,31,40H. The molecule has 3 nitrogen and oxygen atoms in total. The summed E-state index contributed by atoms with van der Waals surface area (Å²) in [4.78, 5) is 7.69. The molecule has 0 aromatic heterocycles. The van der Waals surface area contributed by atoms with E-state index in [0.717, 1.165) is 0 Å². The molecule has 6 aromatic rings. The van der Waals surface area contributed by atoms with E-state index in [1.807, 2.05) is 0 Å². The number of benzene rings is 6. The quantitative estimate of drug-likeness (QED) is 0.189. The van der Waals surface area contributed by atoms with Crippen molar-refractivity contribution in [2.24, 2.45) is 0 Å². The first kappa shape index (κ1) is 24.6. The van der Waals surface area contributed by atoms with Gasteiger partial charge in [0.15, 0.2) is 0 Å². The average molecular weight is 586 g/mol. The predicted molar refractivity (Wildman–Crippen MR) is 193 cm³/mol. The molecule has 4 heteroatoms. The summed E-state index contributed by atoms with van der Waals surface area (Å²) in [6, 6.07) is 51.9. The van der Waals surface area contributed by atoms with Crippen molar-refractivity contribution in [1.82, 2.24) is 0 Å². The van der Waals surface area contributed by atoms with E-state index in [2.05, 4.69) is 172 Å². The van der Waals surface area contributed by atoms with Gasteiger partial charge in [0.05, 0.1) is 17.4 Å². The molecule has 214 valence electrons. The smallest absolute Gasteiger partial charge is 0.252 e. The van der Waals surface area contributed by atoms with Crippen molar-refractivity contribution in [2.75, 3.05) is 14.7 Å². The van der Waals surface area contributed by atoms with Crippen LogP contribution in [-0.4, -0.2) is 12.8 Å². The van der Waals surface area contributed by atoms with E-state index in [0.29, 0.717) is 5.92 Å². The first-order valence-electron chi connectivity index (χ1n) is 16.2. The van der Waals surface area contributed by atoms with Crippen LogP contribution >= 0.6 is 0 Å². The molecule has 0 N–H and O–H groups in total. The number of allylic oxidation sites excluding steroid dienone is 2. The van der Waals surface area contributed by atoms with Gasteiger partial charge in [0, 0.05) is 45.6 Å². The molecule has 0 amide bonds. The van der Waals surface area contributed by atoms with Crippen molar-refractivity contribution >= 4 is 74.2 Å². The number of para-hydroxylation sites is 4. The van der Waals surface area contributed by atoms with Crippen LogP contribution < -0.4 is 31.1 Å². The molecular weight excluding hydrogens is 557 g/mol. The first-order valence-corrected chi connectivity index (χ1v) is 16.2. The van der Waals surface area contributed by atoms with Crippen LogP contribution in [0, 0.1) is 0 Å². The summed E-state index contributed by atoms with van der Waals surface area (Å²) < 4.78 is 0. The zero-order valence-electron chi connectivity index (χ0n) is 25.1. The van der Waals surface area contributed by atoms with Crippen LogP contribution in [0.1, 0.15) is 17.0 Å². The van der Waals surface area contributed by atoms with E-state index in [1.165, 1.54) is 78.6 Å². The van der Waals surface area contributed by atoms with Gasteiger partial charge in [-0.1, -0.05) is 109 Å². The van der Waals surface area contributed by atoms with Gasteiger partial charge in [0.1, 0.15) is 0 Å². The highest BCUT2D eigenvalue weighted by atomic mass is 15.3. The normalized spacial score (nSPS) is 18.7. The molecule has 5 aliphatic rings. The monoisotopic (exact) mass is 585 g/mol. The molecule has 4 heterocycles. The molecule has 0 radical (unpaired) electrons. The van der Waals surface area contributed by atoms with Gasteiger partial charge >= 0.3 is 0 Å². The van der Waals surface area contributed by atoms with E-state index in [4.69, 9.17) is 0 Å². The molecule has 4 aliphatic heterocycles. The molecule has 6 aromatic carbocycles. The SMILES string of the molecule is C1=CC2c3ccc4c(c3N3c5ccccc5C(=C1)C23)N(c1ccccc1)c1cccc2c1B4c1ccccc1N2c1ccccc1. The highest BCUT2D eigenvalue weighted by Crippen LogP contribution is 2.61. The molecule has 1 aliphatic carbocycles. The zero-order valence-corrected chi connectivity index (χ0v) is 25.1. The fourth-order valence-electron chi connectivity index (χ4n) is 9.03. The van der Waals surface area contributed by atoms with Crippen LogP contribution in [0.25, 0.3) is 5.57 Å². The maximum absolute atomic E-state index is 2.67. The van der Waals surface area contributed by atoms with Gasteiger partial charge < -0.3 is 14.7 Å². The van der Waals surface area contributed by atoms with Gasteiger partial charge in [-0.05, 0) is 76.1 Å². The van der Waals surface area contributed by atoms with Crippen molar-refractivity contribution in [3.63, 3.8) is 0 Å². The molecule has 0 saturated carbocycles. The first-order chi connectivity index (χ1) is 22.9. The maximum Gasteiger partial charge on any atom is 0.252 e. The summed E-state index contributed by atoms with van der Waals surface area (Å²) >= 11 is 0. The summed E-state index contributed by atoms with van der Waals surface area (Å²) in [7, 11) is 0. The molecule has 0 bridgehead atoms. The fourth-order valence-corrected chi connectivity index (χ4v) is 9.03. The number of hydrogen-bond donors (Lipinski definition) is 0. The zero-order chi connectivity index (χ0) is 29.9. The largest absolute Gasteiger partial charge is 0.330 e. The number of fused-ring (bicyclic) bond motifs is 11. The molecule has 0 saturated heterocycles. The lowest BCUT2D eigenvalue weighted by atomic mass is 9.33. The van der Waals surface area contributed by atoms with Gasteiger partial charge in [-0.2, -0.15) is 0 Å². The highest BCUT2D eigenvalue weighted by Gasteiger charge is 2.51. The third-order valence-electron chi connectivity index (χ3n) is 10.7. The molecule has 46 heavy (non-hydrogen) atoms. The lowest BCUT2D eigenvalue weighted by Crippen LogP contribution is -2.61. The Hall–Kier alpha value is -5.74. The van der Waals surface area contributed by atoms with E-state index >= 15 is 0 Å². The van der Waals surface area contributed by atoms with Crippen LogP contribution in [-0.2, 0) is 0 Å². The molecule has 0 spiro atoms. The second kappa shape index (κ2) is 8.92. The summed E-state index contributed by atoms with van der Waals surface area (Å²) in [5, 5.41) is 0. The Morgan fingerprint density at radius 2 is 1.15 bits per heavy atom. The van der Waals surface area contributed by atoms with Crippen molar-refractivity contribution in [3.8, 4) is 0 Å². The Bertz CT molecular complexity index is 2310. The topological polar surface area (TPSA) is 9.72 Å². The number of rotatable bonds is 2. The van der Waals surface area contributed by atoms with Crippen LogP contribution in [0.3, 0.4) is 0 Å². The molecule has 2 unspecified atom stereocenters. The van der Waals surface area contributed by atoms with Gasteiger partial charge in [-0.15, -0.1) is 0 Å². The minimum Gasteiger partial charge on any atom is -0.330 e. The van der Waals surface area contributed by atoms with Crippen molar-refractivity contribution in [2.45, 2.75) is 12.0 Å². The Balaban J connectivity index is 1.26. The Morgan fingerprint density at radius 1 is 0.500 bits per heavy atom. The van der Waals surface area contributed by atoms with Gasteiger partial charge in [0.25, 0.3) is 6.71 Å². The summed E-state index contributed by atoms with van der Waals surface area (Å²) in [5.41, 5.74) is 18.3. The van der Waals surface area contributed by atoms with Crippen LogP contribution in [0.2, 0.25) is 0 Å². The van der Waals surface area contributed by atoms with Crippen LogP contribution in [0.4, 0.5) is 45.5 Å². The third kappa shape index (κ3) is 2.99. The number of anilines is 8.